The molecule has 2 aliphatic heterocycles. The van der Waals surface area contributed by atoms with Crippen molar-refractivity contribution in [2.24, 2.45) is 0 Å². The number of hydrogen-bond donors (Lipinski definition) is 1. The zero-order valence-electron chi connectivity index (χ0n) is 19.6. The number of aryl methyl sites for hydroxylation is 1. The maximum atomic E-state index is 16.0. The Labute approximate surface area is 205 Å². The lowest BCUT2D eigenvalue weighted by Crippen LogP contribution is -2.44. The SMILES string of the molecule is Cc1cc(C(C)(C)O)nc(N2C[C@]3(F)CN(C(=O)c4c(F)cccc4-c4cccs4)C[C@]3(F)C2)n1. The van der Waals surface area contributed by atoms with E-state index in [-0.39, 0.29) is 24.6 Å². The smallest absolute Gasteiger partial charge is 0.257 e. The predicted molar refractivity (Wildman–Crippen MR) is 128 cm³/mol. The van der Waals surface area contributed by atoms with E-state index in [1.54, 1.807) is 45.0 Å². The van der Waals surface area contributed by atoms with Crippen molar-refractivity contribution < 1.29 is 23.1 Å². The number of hydrogen-bond acceptors (Lipinski definition) is 6. The van der Waals surface area contributed by atoms with Crippen LogP contribution >= 0.6 is 11.3 Å². The van der Waals surface area contributed by atoms with E-state index in [4.69, 9.17) is 0 Å². The van der Waals surface area contributed by atoms with Gasteiger partial charge in [-0.15, -0.1) is 11.3 Å². The van der Waals surface area contributed by atoms with E-state index in [9.17, 15) is 14.3 Å². The molecule has 0 saturated carbocycles. The maximum absolute atomic E-state index is 16.0. The summed E-state index contributed by atoms with van der Waals surface area (Å²) in [5.41, 5.74) is -4.88. The summed E-state index contributed by atoms with van der Waals surface area (Å²) in [6.07, 6.45) is 0. The summed E-state index contributed by atoms with van der Waals surface area (Å²) in [6.45, 7) is 3.10. The maximum Gasteiger partial charge on any atom is 0.257 e. The van der Waals surface area contributed by atoms with Crippen molar-refractivity contribution in [2.45, 2.75) is 37.7 Å². The van der Waals surface area contributed by atoms with Crippen LogP contribution in [0.1, 0.15) is 35.6 Å². The number of amides is 1. The Morgan fingerprint density at radius 2 is 1.77 bits per heavy atom. The zero-order chi connectivity index (χ0) is 25.2. The monoisotopic (exact) mass is 502 g/mol. The Hall–Kier alpha value is -2.98. The van der Waals surface area contributed by atoms with E-state index in [1.807, 2.05) is 5.38 Å². The molecule has 0 aliphatic carbocycles. The first-order valence-corrected chi connectivity index (χ1v) is 12.1. The summed E-state index contributed by atoms with van der Waals surface area (Å²) in [4.78, 5) is 25.2. The molecule has 1 amide bonds. The molecule has 2 fully saturated rings. The number of nitrogens with zero attached hydrogens (tertiary/aromatic N) is 4. The molecule has 2 atom stereocenters. The molecule has 2 aliphatic rings. The van der Waals surface area contributed by atoms with E-state index >= 15 is 8.78 Å². The molecule has 2 aromatic heterocycles. The molecular weight excluding hydrogens is 477 g/mol. The fourth-order valence-corrected chi connectivity index (χ4v) is 5.58. The first-order valence-electron chi connectivity index (χ1n) is 11.2. The second-order valence-electron chi connectivity index (χ2n) is 9.84. The number of aliphatic hydroxyl groups is 1. The van der Waals surface area contributed by atoms with Crippen molar-refractivity contribution in [3.8, 4) is 10.4 Å². The van der Waals surface area contributed by atoms with Gasteiger partial charge >= 0.3 is 0 Å². The highest BCUT2D eigenvalue weighted by molar-refractivity contribution is 7.13. The van der Waals surface area contributed by atoms with E-state index in [0.29, 0.717) is 21.8 Å². The van der Waals surface area contributed by atoms with Crippen LogP contribution in [0.25, 0.3) is 10.4 Å². The Kier molecular flexibility index (Phi) is 5.45. The van der Waals surface area contributed by atoms with Crippen LogP contribution in [-0.4, -0.2) is 63.4 Å². The van der Waals surface area contributed by atoms with Crippen LogP contribution in [0, 0.1) is 12.7 Å². The van der Waals surface area contributed by atoms with Crippen LogP contribution in [0.4, 0.5) is 19.1 Å². The summed E-state index contributed by atoms with van der Waals surface area (Å²) < 4.78 is 46.9. The Balaban J connectivity index is 1.42. The highest BCUT2D eigenvalue weighted by Crippen LogP contribution is 2.46. The van der Waals surface area contributed by atoms with Crippen molar-refractivity contribution in [3.63, 3.8) is 0 Å². The van der Waals surface area contributed by atoms with Crippen LogP contribution < -0.4 is 4.90 Å². The first-order chi connectivity index (χ1) is 16.4. The largest absolute Gasteiger partial charge is 0.384 e. The number of anilines is 1. The minimum atomic E-state index is -2.38. The number of alkyl halides is 2. The Bertz CT molecular complexity index is 1280. The fourth-order valence-electron chi connectivity index (χ4n) is 4.82. The molecule has 3 aromatic rings. The van der Waals surface area contributed by atoms with E-state index < -0.39 is 41.8 Å². The number of benzene rings is 1. The van der Waals surface area contributed by atoms with Gasteiger partial charge in [-0.25, -0.2) is 23.1 Å². The molecule has 1 aromatic carbocycles. The quantitative estimate of drug-likeness (QED) is 0.577. The Morgan fingerprint density at radius 1 is 1.09 bits per heavy atom. The summed E-state index contributed by atoms with van der Waals surface area (Å²) in [7, 11) is 0. The lowest BCUT2D eigenvalue weighted by atomic mass is 9.94. The van der Waals surface area contributed by atoms with Gasteiger partial charge in [-0.2, -0.15) is 0 Å². The molecule has 0 radical (unpaired) electrons. The van der Waals surface area contributed by atoms with Gasteiger partial charge in [0.15, 0.2) is 11.3 Å². The van der Waals surface area contributed by atoms with Crippen molar-refractivity contribution in [1.29, 1.82) is 0 Å². The van der Waals surface area contributed by atoms with Gasteiger partial charge < -0.3 is 14.9 Å². The standard InChI is InChI=1S/C25H25F3N4O2S/c1-15-10-19(23(2,3)34)30-22(29-15)32-13-24(27)11-31(12-25(24,28)14-32)21(33)20-16(6-4-7-17(20)26)18-8-5-9-35-18/h4-10,34H,11-14H2,1-3H3/t24-,25+. The van der Waals surface area contributed by atoms with Crippen LogP contribution in [0.15, 0.2) is 41.8 Å². The Morgan fingerprint density at radius 3 is 2.37 bits per heavy atom. The molecule has 2 saturated heterocycles. The summed E-state index contributed by atoms with van der Waals surface area (Å²) in [6, 6.07) is 9.49. The number of aromatic nitrogens is 2. The van der Waals surface area contributed by atoms with Gasteiger partial charge in [-0.3, -0.25) is 4.79 Å². The molecule has 10 heteroatoms. The molecule has 0 spiro atoms. The third-order valence-corrected chi connectivity index (χ3v) is 7.53. The molecule has 35 heavy (non-hydrogen) atoms. The molecular formula is C25H25F3N4O2S. The molecule has 0 unspecified atom stereocenters. The van der Waals surface area contributed by atoms with Gasteiger partial charge in [-0.1, -0.05) is 18.2 Å². The van der Waals surface area contributed by atoms with Gasteiger partial charge in [0.2, 0.25) is 5.95 Å². The van der Waals surface area contributed by atoms with E-state index in [1.165, 1.54) is 28.4 Å². The van der Waals surface area contributed by atoms with Crippen molar-refractivity contribution >= 4 is 23.2 Å². The lowest BCUT2D eigenvalue weighted by molar-refractivity contribution is 0.0491. The third kappa shape index (κ3) is 3.98. The molecule has 4 heterocycles. The number of likely N-dealkylation sites (tertiary alicyclic amines) is 1. The van der Waals surface area contributed by atoms with Crippen molar-refractivity contribution in [1.82, 2.24) is 14.9 Å². The third-order valence-electron chi connectivity index (χ3n) is 6.62. The summed E-state index contributed by atoms with van der Waals surface area (Å²) in [5.74, 6) is -1.34. The normalized spacial score (nSPS) is 24.2. The number of carbonyl (C=O) groups excluding carboxylic acids is 1. The van der Waals surface area contributed by atoms with Crippen molar-refractivity contribution in [2.75, 3.05) is 31.1 Å². The highest BCUT2D eigenvalue weighted by atomic mass is 32.1. The molecule has 5 rings (SSSR count). The number of carbonyl (C=O) groups is 1. The van der Waals surface area contributed by atoms with Crippen molar-refractivity contribution in [3.05, 3.63) is 64.5 Å². The van der Waals surface area contributed by atoms with Crippen LogP contribution in [0.5, 0.6) is 0 Å². The van der Waals surface area contributed by atoms with Crippen LogP contribution in [-0.2, 0) is 5.60 Å². The first kappa shape index (κ1) is 23.7. The lowest BCUT2D eigenvalue weighted by Gasteiger charge is -2.25. The average molecular weight is 503 g/mol. The number of halogens is 3. The molecule has 0 bridgehead atoms. The predicted octanol–water partition coefficient (Wildman–Crippen LogP) is 4.27. The fraction of sp³-hybridized carbons (Fsp3) is 0.400. The molecule has 1 N–H and O–H groups in total. The number of rotatable bonds is 4. The van der Waals surface area contributed by atoms with Crippen LogP contribution in [0.3, 0.4) is 0 Å². The second kappa shape index (κ2) is 8.03. The number of fused-ring (bicyclic) bond motifs is 1. The minimum absolute atomic E-state index is 0.123. The number of thiophene rings is 1. The summed E-state index contributed by atoms with van der Waals surface area (Å²) >= 11 is 1.35. The molecule has 184 valence electrons. The summed E-state index contributed by atoms with van der Waals surface area (Å²) in [5, 5.41) is 12.1. The molecule has 6 nitrogen and oxygen atoms in total. The van der Waals surface area contributed by atoms with E-state index in [2.05, 4.69) is 9.97 Å². The van der Waals surface area contributed by atoms with E-state index in [0.717, 1.165) is 4.90 Å². The van der Waals surface area contributed by atoms with Gasteiger partial charge in [0.05, 0.1) is 37.4 Å². The van der Waals surface area contributed by atoms with Gasteiger partial charge in [0.1, 0.15) is 11.4 Å². The minimum Gasteiger partial charge on any atom is -0.384 e. The average Bonchev–Trinajstić information content (AvgIpc) is 3.44. The van der Waals surface area contributed by atoms with Gasteiger partial charge in [0, 0.05) is 16.1 Å². The highest BCUT2D eigenvalue weighted by Gasteiger charge is 2.67. The van der Waals surface area contributed by atoms with Gasteiger partial charge in [0.25, 0.3) is 5.91 Å². The van der Waals surface area contributed by atoms with Gasteiger partial charge in [-0.05, 0) is 44.4 Å². The topological polar surface area (TPSA) is 69.6 Å². The van der Waals surface area contributed by atoms with Crippen LogP contribution in [0.2, 0.25) is 0 Å². The second-order valence-corrected chi connectivity index (χ2v) is 10.8. The zero-order valence-corrected chi connectivity index (χ0v) is 20.4.